The van der Waals surface area contributed by atoms with Gasteiger partial charge in [-0.3, -0.25) is 14.5 Å². The number of benzene rings is 1. The molecule has 2 fully saturated rings. The minimum absolute atomic E-state index is 0.0354. The summed E-state index contributed by atoms with van der Waals surface area (Å²) in [5, 5.41) is 7.00. The van der Waals surface area contributed by atoms with Crippen molar-refractivity contribution in [3.05, 3.63) is 58.9 Å². The van der Waals surface area contributed by atoms with E-state index in [2.05, 4.69) is 4.90 Å². The van der Waals surface area contributed by atoms with E-state index < -0.39 is 0 Å². The van der Waals surface area contributed by atoms with Gasteiger partial charge >= 0.3 is 0 Å². The largest absolute Gasteiger partial charge is 0.379 e. The first-order valence-electron chi connectivity index (χ1n) is 12.3. The highest BCUT2D eigenvalue weighted by Gasteiger charge is 2.38. The number of halogens is 1. The van der Waals surface area contributed by atoms with Crippen LogP contribution in [0, 0.1) is 5.92 Å². The van der Waals surface area contributed by atoms with Crippen molar-refractivity contribution in [1.82, 2.24) is 19.4 Å². The van der Waals surface area contributed by atoms with Gasteiger partial charge in [0, 0.05) is 56.8 Å². The summed E-state index contributed by atoms with van der Waals surface area (Å²) >= 11 is 6.12. The van der Waals surface area contributed by atoms with Gasteiger partial charge in [-0.15, -0.1) is 0 Å². The van der Waals surface area contributed by atoms with Gasteiger partial charge in [0.2, 0.25) is 5.91 Å². The van der Waals surface area contributed by atoms with E-state index in [1.165, 1.54) is 0 Å². The SMILES string of the molecule is Cn1cccc1C1=NN(C(=O)CN(CCN2CCOCC2)C(=O)C2CC2)[C@H](c2ccc(Cl)cc2)C1. The molecule has 1 saturated heterocycles. The average molecular weight is 498 g/mol. The van der Waals surface area contributed by atoms with Gasteiger partial charge in [-0.25, -0.2) is 5.01 Å². The molecule has 1 saturated carbocycles. The lowest BCUT2D eigenvalue weighted by atomic mass is 10.0. The lowest BCUT2D eigenvalue weighted by molar-refractivity contribution is -0.142. The number of carbonyl (C=O) groups is 2. The molecular weight excluding hydrogens is 466 g/mol. The molecule has 0 bridgehead atoms. The molecule has 1 aromatic heterocycles. The van der Waals surface area contributed by atoms with Crippen molar-refractivity contribution < 1.29 is 14.3 Å². The van der Waals surface area contributed by atoms with Crippen molar-refractivity contribution in [2.75, 3.05) is 45.9 Å². The maximum absolute atomic E-state index is 13.7. The van der Waals surface area contributed by atoms with Crippen molar-refractivity contribution in [1.29, 1.82) is 0 Å². The van der Waals surface area contributed by atoms with Crippen LogP contribution in [-0.2, 0) is 21.4 Å². The van der Waals surface area contributed by atoms with Crippen LogP contribution in [0.25, 0.3) is 0 Å². The molecule has 0 N–H and O–H groups in total. The second kappa shape index (κ2) is 10.5. The first kappa shape index (κ1) is 24.0. The molecule has 1 atom stereocenters. The second-order valence-electron chi connectivity index (χ2n) is 9.55. The van der Waals surface area contributed by atoms with Gasteiger partial charge in [-0.05, 0) is 42.7 Å². The van der Waals surface area contributed by atoms with Gasteiger partial charge in [0.05, 0.1) is 30.7 Å². The van der Waals surface area contributed by atoms with Gasteiger partial charge < -0.3 is 14.2 Å². The highest BCUT2D eigenvalue weighted by molar-refractivity contribution is 6.30. The van der Waals surface area contributed by atoms with E-state index in [4.69, 9.17) is 21.4 Å². The molecule has 1 aliphatic carbocycles. The molecule has 186 valence electrons. The number of aromatic nitrogens is 1. The Morgan fingerprint density at radius 1 is 1.14 bits per heavy atom. The fraction of sp³-hybridized carbons (Fsp3) is 0.500. The zero-order valence-electron chi connectivity index (χ0n) is 20.1. The van der Waals surface area contributed by atoms with Crippen molar-refractivity contribution in [3.63, 3.8) is 0 Å². The van der Waals surface area contributed by atoms with Crippen LogP contribution in [0.1, 0.15) is 36.6 Å². The van der Waals surface area contributed by atoms with Gasteiger partial charge in [-0.1, -0.05) is 23.7 Å². The lowest BCUT2D eigenvalue weighted by Crippen LogP contribution is -2.47. The summed E-state index contributed by atoms with van der Waals surface area (Å²) < 4.78 is 7.45. The van der Waals surface area contributed by atoms with E-state index in [-0.39, 0.29) is 30.3 Å². The average Bonchev–Trinajstić information content (AvgIpc) is 3.49. The van der Waals surface area contributed by atoms with Gasteiger partial charge in [0.25, 0.3) is 5.91 Å². The molecule has 5 rings (SSSR count). The summed E-state index contributed by atoms with van der Waals surface area (Å²) in [4.78, 5) is 30.8. The summed E-state index contributed by atoms with van der Waals surface area (Å²) in [5.41, 5.74) is 2.82. The number of hydrogen-bond acceptors (Lipinski definition) is 5. The lowest BCUT2D eigenvalue weighted by Gasteiger charge is -2.31. The smallest absolute Gasteiger partial charge is 0.262 e. The maximum atomic E-state index is 13.7. The summed E-state index contributed by atoms with van der Waals surface area (Å²) in [5.74, 6) is -0.0221. The van der Waals surface area contributed by atoms with E-state index in [0.29, 0.717) is 31.2 Å². The van der Waals surface area contributed by atoms with Crippen LogP contribution in [0.4, 0.5) is 0 Å². The normalized spacial score (nSPS) is 20.7. The number of amides is 2. The molecular formula is C26H32ClN5O3. The predicted molar refractivity (Wildman–Crippen MR) is 134 cm³/mol. The minimum atomic E-state index is -0.234. The monoisotopic (exact) mass is 497 g/mol. The van der Waals surface area contributed by atoms with Crippen molar-refractivity contribution >= 4 is 29.1 Å². The van der Waals surface area contributed by atoms with Crippen LogP contribution in [0.2, 0.25) is 5.02 Å². The van der Waals surface area contributed by atoms with E-state index in [1.807, 2.05) is 54.2 Å². The molecule has 0 unspecified atom stereocenters. The first-order valence-corrected chi connectivity index (χ1v) is 12.7. The number of hydrazone groups is 1. The molecule has 2 aliphatic heterocycles. The molecule has 0 spiro atoms. The number of morpholine rings is 1. The van der Waals surface area contributed by atoms with E-state index in [1.54, 1.807) is 9.91 Å². The fourth-order valence-electron chi connectivity index (χ4n) is 4.78. The summed E-state index contributed by atoms with van der Waals surface area (Å²) in [6, 6.07) is 11.3. The Bertz CT molecular complexity index is 1090. The number of aryl methyl sites for hydroxylation is 1. The molecule has 3 heterocycles. The topological polar surface area (TPSA) is 70.4 Å². The van der Waals surface area contributed by atoms with E-state index in [9.17, 15) is 9.59 Å². The molecule has 35 heavy (non-hydrogen) atoms. The summed E-state index contributed by atoms with van der Waals surface area (Å²) in [6.07, 6.45) is 4.40. The fourth-order valence-corrected chi connectivity index (χ4v) is 4.90. The zero-order chi connectivity index (χ0) is 24.4. The molecule has 8 nitrogen and oxygen atoms in total. The van der Waals surface area contributed by atoms with Crippen LogP contribution in [0.15, 0.2) is 47.7 Å². The molecule has 3 aliphatic rings. The highest BCUT2D eigenvalue weighted by atomic mass is 35.5. The third-order valence-corrected chi connectivity index (χ3v) is 7.27. The molecule has 9 heteroatoms. The minimum Gasteiger partial charge on any atom is -0.379 e. The van der Waals surface area contributed by atoms with Gasteiger partial charge in [0.1, 0.15) is 6.54 Å². The third kappa shape index (κ3) is 5.60. The number of carbonyl (C=O) groups excluding carboxylic acids is 2. The quantitative estimate of drug-likeness (QED) is 0.562. The molecule has 2 amide bonds. The van der Waals surface area contributed by atoms with Crippen LogP contribution in [0.3, 0.4) is 0 Å². The van der Waals surface area contributed by atoms with E-state index in [0.717, 1.165) is 49.4 Å². The standard InChI is InChI=1S/C26H32ClN5O3/c1-29-10-2-3-23(29)22-17-24(19-6-8-21(27)9-7-19)32(28-22)25(33)18-31(26(34)20-4-5-20)12-11-30-13-15-35-16-14-30/h2-3,6-10,20,24H,4-5,11-18H2,1H3/t24-/m0/s1. The Labute approximate surface area is 211 Å². The Hall–Kier alpha value is -2.68. The van der Waals surface area contributed by atoms with Crippen LogP contribution >= 0.6 is 11.6 Å². The van der Waals surface area contributed by atoms with Gasteiger partial charge in [-0.2, -0.15) is 5.10 Å². The molecule has 0 radical (unpaired) electrons. The Kier molecular flexibility index (Phi) is 7.22. The van der Waals surface area contributed by atoms with Crippen LogP contribution in [-0.4, -0.2) is 82.8 Å². The highest BCUT2D eigenvalue weighted by Crippen LogP contribution is 2.34. The third-order valence-electron chi connectivity index (χ3n) is 7.01. The van der Waals surface area contributed by atoms with Crippen LogP contribution in [0.5, 0.6) is 0 Å². The summed E-state index contributed by atoms with van der Waals surface area (Å²) in [6.45, 7) is 4.45. The molecule has 1 aromatic carbocycles. The second-order valence-corrected chi connectivity index (χ2v) is 9.99. The molecule has 2 aromatic rings. The number of nitrogens with zero attached hydrogens (tertiary/aromatic N) is 5. The van der Waals surface area contributed by atoms with Crippen molar-refractivity contribution in [2.24, 2.45) is 18.1 Å². The van der Waals surface area contributed by atoms with Crippen molar-refractivity contribution in [2.45, 2.75) is 25.3 Å². The number of rotatable bonds is 8. The van der Waals surface area contributed by atoms with Gasteiger partial charge in [0.15, 0.2) is 0 Å². The predicted octanol–water partition coefficient (Wildman–Crippen LogP) is 2.93. The Balaban J connectivity index is 1.35. The Morgan fingerprint density at radius 3 is 2.54 bits per heavy atom. The number of ether oxygens (including phenoxy) is 1. The van der Waals surface area contributed by atoms with E-state index >= 15 is 0 Å². The Morgan fingerprint density at radius 2 is 1.89 bits per heavy atom. The summed E-state index contributed by atoms with van der Waals surface area (Å²) in [7, 11) is 1.97. The van der Waals surface area contributed by atoms with Crippen molar-refractivity contribution in [3.8, 4) is 0 Å². The van der Waals surface area contributed by atoms with Crippen LogP contribution < -0.4 is 0 Å². The maximum Gasteiger partial charge on any atom is 0.262 e. The zero-order valence-corrected chi connectivity index (χ0v) is 20.9. The number of hydrogen-bond donors (Lipinski definition) is 0. The first-order chi connectivity index (χ1) is 17.0.